The molecule has 134 valence electrons. The van der Waals surface area contributed by atoms with E-state index in [2.05, 4.69) is 6.92 Å². The highest BCUT2D eigenvalue weighted by atomic mass is 16.2. The fourth-order valence-electron chi connectivity index (χ4n) is 4.01. The lowest BCUT2D eigenvalue weighted by Gasteiger charge is -2.24. The van der Waals surface area contributed by atoms with Crippen molar-refractivity contribution in [1.82, 2.24) is 4.90 Å². The maximum Gasteiger partial charge on any atom is 0.240 e. The van der Waals surface area contributed by atoms with Gasteiger partial charge in [-0.2, -0.15) is 0 Å². The Balaban J connectivity index is 1.83. The van der Waals surface area contributed by atoms with E-state index in [0.29, 0.717) is 25.9 Å². The average Bonchev–Trinajstić information content (AvgIpc) is 3.13. The van der Waals surface area contributed by atoms with Crippen LogP contribution in [0.25, 0.3) is 0 Å². The third-order valence-electron chi connectivity index (χ3n) is 5.30. The van der Waals surface area contributed by atoms with Gasteiger partial charge < -0.3 is 15.5 Å². The standard InChI is InChI=1S/C19H25N3O3/c1-2-3-4-9-17(24)21-11-10-19(13-21)14-7-5-6-8-15(14)22(18(19)25)12-16(20)23/h5-8H,2-4,9-13H2,1H3,(H2,20,23). The Labute approximate surface area is 148 Å². The van der Waals surface area contributed by atoms with Crippen molar-refractivity contribution in [2.24, 2.45) is 5.73 Å². The number of hydrogen-bond donors (Lipinski definition) is 1. The Hall–Kier alpha value is -2.37. The van der Waals surface area contributed by atoms with Crippen LogP contribution in [0.4, 0.5) is 5.69 Å². The quantitative estimate of drug-likeness (QED) is 0.796. The predicted octanol–water partition coefficient (Wildman–Crippen LogP) is 1.57. The molecular formula is C19H25N3O3. The first-order valence-corrected chi connectivity index (χ1v) is 8.97. The smallest absolute Gasteiger partial charge is 0.240 e. The molecule has 1 fully saturated rings. The number of benzene rings is 1. The van der Waals surface area contributed by atoms with Gasteiger partial charge in [-0.25, -0.2) is 0 Å². The molecule has 0 aliphatic carbocycles. The summed E-state index contributed by atoms with van der Waals surface area (Å²) in [6, 6.07) is 7.52. The molecule has 25 heavy (non-hydrogen) atoms. The van der Waals surface area contributed by atoms with Gasteiger partial charge in [0, 0.05) is 25.2 Å². The maximum atomic E-state index is 13.1. The first-order valence-electron chi connectivity index (χ1n) is 8.97. The highest BCUT2D eigenvalue weighted by molar-refractivity contribution is 6.11. The molecule has 2 heterocycles. The van der Waals surface area contributed by atoms with Crippen molar-refractivity contribution in [3.05, 3.63) is 29.8 Å². The number of hydrogen-bond acceptors (Lipinski definition) is 3. The van der Waals surface area contributed by atoms with E-state index in [-0.39, 0.29) is 18.4 Å². The molecule has 6 heteroatoms. The first-order chi connectivity index (χ1) is 12.0. The SMILES string of the molecule is CCCCCC(=O)N1CCC2(C1)C(=O)N(CC(N)=O)c1ccccc12. The minimum absolute atomic E-state index is 0.114. The van der Waals surface area contributed by atoms with Gasteiger partial charge in [0.2, 0.25) is 17.7 Å². The lowest BCUT2D eigenvalue weighted by Crippen LogP contribution is -2.45. The van der Waals surface area contributed by atoms with Crippen molar-refractivity contribution in [2.75, 3.05) is 24.5 Å². The Kier molecular flexibility index (Phi) is 4.79. The van der Waals surface area contributed by atoms with Crippen molar-refractivity contribution in [3.63, 3.8) is 0 Å². The van der Waals surface area contributed by atoms with E-state index in [9.17, 15) is 14.4 Å². The Morgan fingerprint density at radius 3 is 2.72 bits per heavy atom. The van der Waals surface area contributed by atoms with Crippen molar-refractivity contribution >= 4 is 23.4 Å². The summed E-state index contributed by atoms with van der Waals surface area (Å²) in [5.74, 6) is -0.536. The number of para-hydroxylation sites is 1. The van der Waals surface area contributed by atoms with Crippen LogP contribution in [-0.4, -0.2) is 42.3 Å². The van der Waals surface area contributed by atoms with Crippen molar-refractivity contribution in [2.45, 2.75) is 44.4 Å². The predicted molar refractivity (Wildman–Crippen MR) is 95.0 cm³/mol. The lowest BCUT2D eigenvalue weighted by atomic mass is 9.81. The lowest BCUT2D eigenvalue weighted by molar-refractivity contribution is -0.131. The highest BCUT2D eigenvalue weighted by Crippen LogP contribution is 2.47. The number of rotatable bonds is 6. The molecule has 2 aliphatic rings. The molecule has 6 nitrogen and oxygen atoms in total. The first kappa shape index (κ1) is 17.5. The van der Waals surface area contributed by atoms with Crippen molar-refractivity contribution in [3.8, 4) is 0 Å². The monoisotopic (exact) mass is 343 g/mol. The zero-order valence-electron chi connectivity index (χ0n) is 14.7. The van der Waals surface area contributed by atoms with Gasteiger partial charge in [0.25, 0.3) is 0 Å². The van der Waals surface area contributed by atoms with E-state index in [1.165, 1.54) is 4.90 Å². The minimum atomic E-state index is -0.730. The van der Waals surface area contributed by atoms with Crippen LogP contribution in [0.1, 0.15) is 44.6 Å². The van der Waals surface area contributed by atoms with Crippen LogP contribution in [0.2, 0.25) is 0 Å². The summed E-state index contributed by atoms with van der Waals surface area (Å²) in [6.45, 7) is 2.96. The zero-order valence-corrected chi connectivity index (χ0v) is 14.7. The number of carbonyl (C=O) groups is 3. The maximum absolute atomic E-state index is 13.1. The molecule has 0 saturated carbocycles. The van der Waals surface area contributed by atoms with Gasteiger partial charge in [-0.3, -0.25) is 14.4 Å². The molecule has 2 N–H and O–H groups in total. The molecule has 1 aromatic carbocycles. The molecule has 0 radical (unpaired) electrons. The van der Waals surface area contributed by atoms with E-state index >= 15 is 0 Å². The number of nitrogens with zero attached hydrogens (tertiary/aromatic N) is 2. The number of amides is 3. The largest absolute Gasteiger partial charge is 0.368 e. The van der Waals surface area contributed by atoms with Gasteiger partial charge >= 0.3 is 0 Å². The number of nitrogens with two attached hydrogens (primary N) is 1. The van der Waals surface area contributed by atoms with Crippen LogP contribution in [-0.2, 0) is 19.8 Å². The van der Waals surface area contributed by atoms with Gasteiger partial charge in [0.05, 0.1) is 5.41 Å². The summed E-state index contributed by atoms with van der Waals surface area (Å²) < 4.78 is 0. The second-order valence-electron chi connectivity index (χ2n) is 6.98. The number of fused-ring (bicyclic) bond motifs is 2. The number of anilines is 1. The Bertz CT molecular complexity index is 703. The van der Waals surface area contributed by atoms with Gasteiger partial charge in [-0.05, 0) is 24.5 Å². The third kappa shape index (κ3) is 3.01. The molecular weight excluding hydrogens is 318 g/mol. The highest BCUT2D eigenvalue weighted by Gasteiger charge is 2.55. The molecule has 1 spiro atoms. The molecule has 0 aromatic heterocycles. The molecule has 3 rings (SSSR count). The summed E-state index contributed by atoms with van der Waals surface area (Å²) in [5, 5.41) is 0. The van der Waals surface area contributed by atoms with Crippen LogP contribution in [0, 0.1) is 0 Å². The summed E-state index contributed by atoms with van der Waals surface area (Å²) in [6.07, 6.45) is 4.13. The van der Waals surface area contributed by atoms with E-state index in [1.54, 1.807) is 4.90 Å². The van der Waals surface area contributed by atoms with Crippen LogP contribution in [0.3, 0.4) is 0 Å². The van der Waals surface area contributed by atoms with Crippen LogP contribution < -0.4 is 10.6 Å². The number of unbranched alkanes of at least 4 members (excludes halogenated alkanes) is 2. The minimum Gasteiger partial charge on any atom is -0.368 e. The molecule has 1 atom stereocenters. The van der Waals surface area contributed by atoms with E-state index in [0.717, 1.165) is 30.5 Å². The van der Waals surface area contributed by atoms with E-state index < -0.39 is 11.3 Å². The molecule has 1 unspecified atom stereocenters. The van der Waals surface area contributed by atoms with Gasteiger partial charge in [-0.1, -0.05) is 38.0 Å². The Morgan fingerprint density at radius 2 is 2.00 bits per heavy atom. The average molecular weight is 343 g/mol. The van der Waals surface area contributed by atoms with E-state index in [1.807, 2.05) is 24.3 Å². The van der Waals surface area contributed by atoms with Crippen LogP contribution >= 0.6 is 0 Å². The van der Waals surface area contributed by atoms with Crippen molar-refractivity contribution in [1.29, 1.82) is 0 Å². The topological polar surface area (TPSA) is 83.7 Å². The summed E-state index contributed by atoms with van der Waals surface area (Å²) in [7, 11) is 0. The fourth-order valence-corrected chi connectivity index (χ4v) is 4.01. The molecule has 2 aliphatic heterocycles. The normalized spacial score (nSPS) is 21.9. The summed E-state index contributed by atoms with van der Waals surface area (Å²) >= 11 is 0. The molecule has 1 saturated heterocycles. The number of likely N-dealkylation sites (tertiary alicyclic amines) is 1. The number of carbonyl (C=O) groups excluding carboxylic acids is 3. The summed E-state index contributed by atoms with van der Waals surface area (Å²) in [5.41, 5.74) is 6.24. The van der Waals surface area contributed by atoms with Crippen LogP contribution in [0.15, 0.2) is 24.3 Å². The van der Waals surface area contributed by atoms with E-state index in [4.69, 9.17) is 5.73 Å². The van der Waals surface area contributed by atoms with Crippen LogP contribution in [0.5, 0.6) is 0 Å². The molecule has 1 aromatic rings. The van der Waals surface area contributed by atoms with Gasteiger partial charge in [0.1, 0.15) is 6.54 Å². The van der Waals surface area contributed by atoms with Crippen molar-refractivity contribution < 1.29 is 14.4 Å². The number of primary amides is 1. The summed E-state index contributed by atoms with van der Waals surface area (Å²) in [4.78, 5) is 40.3. The second kappa shape index (κ2) is 6.86. The molecule has 3 amide bonds. The molecule has 0 bridgehead atoms. The van der Waals surface area contributed by atoms with Gasteiger partial charge in [0.15, 0.2) is 0 Å². The fraction of sp³-hybridized carbons (Fsp3) is 0.526. The third-order valence-corrected chi connectivity index (χ3v) is 5.30. The zero-order chi connectivity index (χ0) is 18.0. The second-order valence-corrected chi connectivity index (χ2v) is 6.98. The Morgan fingerprint density at radius 1 is 1.24 bits per heavy atom. The van der Waals surface area contributed by atoms with Gasteiger partial charge in [-0.15, -0.1) is 0 Å².